The molecule has 0 fully saturated rings. The van der Waals surface area contributed by atoms with Gasteiger partial charge >= 0.3 is 5.97 Å². The molecule has 0 spiro atoms. The summed E-state index contributed by atoms with van der Waals surface area (Å²) in [4.78, 5) is 10.7. The molecule has 0 aromatic heterocycles. The third kappa shape index (κ3) is 2.08. The van der Waals surface area contributed by atoms with Crippen LogP contribution in [0.4, 0.5) is 4.39 Å². The second-order valence-corrected chi connectivity index (χ2v) is 3.35. The number of halogens is 2. The summed E-state index contributed by atoms with van der Waals surface area (Å²) in [7, 11) is 0. The Morgan fingerprint density at radius 3 is 2.79 bits per heavy atom. The molecule has 1 aromatic rings. The van der Waals surface area contributed by atoms with E-state index in [0.29, 0.717) is 4.47 Å². The standard InChI is InChI=1S/C8H6BrFN2O2/c9-5-1-4(3-12-11)7(8(13)14)6(10)2-5/h1-3H,11H2,(H,13,14)/b12-3+. The van der Waals surface area contributed by atoms with Gasteiger partial charge in [0.2, 0.25) is 0 Å². The van der Waals surface area contributed by atoms with E-state index in [0.717, 1.165) is 12.3 Å². The minimum absolute atomic E-state index is 0.117. The summed E-state index contributed by atoms with van der Waals surface area (Å²) in [6.07, 6.45) is 1.08. The number of rotatable bonds is 2. The topological polar surface area (TPSA) is 75.7 Å². The Hall–Kier alpha value is -1.43. The molecule has 6 heteroatoms. The Balaban J connectivity index is 3.44. The van der Waals surface area contributed by atoms with Gasteiger partial charge in [0, 0.05) is 10.0 Å². The van der Waals surface area contributed by atoms with Gasteiger partial charge < -0.3 is 10.9 Å². The lowest BCUT2D eigenvalue weighted by Crippen LogP contribution is -2.06. The van der Waals surface area contributed by atoms with Crippen LogP contribution in [0.2, 0.25) is 0 Å². The van der Waals surface area contributed by atoms with Crippen LogP contribution in [0.5, 0.6) is 0 Å². The highest BCUT2D eigenvalue weighted by Gasteiger charge is 2.15. The van der Waals surface area contributed by atoms with Crippen LogP contribution >= 0.6 is 15.9 Å². The van der Waals surface area contributed by atoms with Gasteiger partial charge in [-0.1, -0.05) is 15.9 Å². The van der Waals surface area contributed by atoms with E-state index in [2.05, 4.69) is 21.0 Å². The van der Waals surface area contributed by atoms with Crippen LogP contribution in [-0.4, -0.2) is 17.3 Å². The maximum Gasteiger partial charge on any atom is 0.339 e. The van der Waals surface area contributed by atoms with Gasteiger partial charge in [-0.15, -0.1) is 0 Å². The number of aromatic carboxylic acids is 1. The molecule has 0 atom stereocenters. The lowest BCUT2D eigenvalue weighted by atomic mass is 10.1. The first kappa shape index (κ1) is 10.6. The van der Waals surface area contributed by atoms with Crippen molar-refractivity contribution in [1.82, 2.24) is 0 Å². The number of carboxylic acids is 1. The summed E-state index contributed by atoms with van der Waals surface area (Å²) in [6, 6.07) is 2.49. The van der Waals surface area contributed by atoms with Crippen LogP contribution in [0.25, 0.3) is 0 Å². The molecule has 0 aliphatic carbocycles. The maximum absolute atomic E-state index is 13.2. The average Bonchev–Trinajstić information content (AvgIpc) is 2.01. The lowest BCUT2D eigenvalue weighted by molar-refractivity contribution is 0.0692. The third-order valence-electron chi connectivity index (χ3n) is 1.51. The van der Waals surface area contributed by atoms with Crippen molar-refractivity contribution in [3.63, 3.8) is 0 Å². The minimum atomic E-state index is -1.36. The van der Waals surface area contributed by atoms with E-state index in [9.17, 15) is 9.18 Å². The van der Waals surface area contributed by atoms with Gasteiger partial charge in [-0.2, -0.15) is 5.10 Å². The Morgan fingerprint density at radius 1 is 1.64 bits per heavy atom. The van der Waals surface area contributed by atoms with Crippen molar-refractivity contribution in [2.75, 3.05) is 0 Å². The quantitative estimate of drug-likeness (QED) is 0.482. The average molecular weight is 261 g/mol. The van der Waals surface area contributed by atoms with Crippen molar-refractivity contribution in [3.05, 3.63) is 33.5 Å². The van der Waals surface area contributed by atoms with Crippen LogP contribution in [0, 0.1) is 5.82 Å². The number of nitrogens with zero attached hydrogens (tertiary/aromatic N) is 1. The fourth-order valence-electron chi connectivity index (χ4n) is 1.00. The van der Waals surface area contributed by atoms with Gasteiger partial charge in [0.25, 0.3) is 0 Å². The zero-order valence-electron chi connectivity index (χ0n) is 6.87. The van der Waals surface area contributed by atoms with Crippen LogP contribution < -0.4 is 5.84 Å². The third-order valence-corrected chi connectivity index (χ3v) is 1.97. The molecule has 1 aromatic carbocycles. The first-order valence-corrected chi connectivity index (χ1v) is 4.31. The molecule has 0 saturated carbocycles. The van der Waals surface area contributed by atoms with Crippen molar-refractivity contribution < 1.29 is 14.3 Å². The Bertz CT molecular complexity index is 407. The zero-order chi connectivity index (χ0) is 10.7. The fourth-order valence-corrected chi connectivity index (χ4v) is 1.45. The summed E-state index contributed by atoms with van der Waals surface area (Å²) in [5, 5.41) is 11.9. The van der Waals surface area contributed by atoms with Crippen molar-refractivity contribution in [1.29, 1.82) is 0 Å². The molecule has 0 bridgehead atoms. The Kier molecular flexibility index (Phi) is 3.19. The Morgan fingerprint density at radius 2 is 2.29 bits per heavy atom. The van der Waals surface area contributed by atoms with Gasteiger partial charge in [0.15, 0.2) is 0 Å². The normalized spacial score (nSPS) is 10.7. The molecule has 0 unspecified atom stereocenters. The molecule has 74 valence electrons. The highest BCUT2D eigenvalue weighted by Crippen LogP contribution is 2.19. The van der Waals surface area contributed by atoms with Crippen molar-refractivity contribution >= 4 is 28.1 Å². The van der Waals surface area contributed by atoms with Crippen LogP contribution in [0.1, 0.15) is 15.9 Å². The summed E-state index contributed by atoms with van der Waals surface area (Å²) >= 11 is 3.03. The summed E-state index contributed by atoms with van der Waals surface area (Å²) in [5.41, 5.74) is -0.325. The SMILES string of the molecule is N/N=C/c1cc(Br)cc(F)c1C(=O)O. The molecule has 0 heterocycles. The van der Waals surface area contributed by atoms with Crippen LogP contribution in [0.3, 0.4) is 0 Å². The van der Waals surface area contributed by atoms with Gasteiger partial charge in [0.1, 0.15) is 11.4 Å². The molecular weight excluding hydrogens is 255 g/mol. The highest BCUT2D eigenvalue weighted by atomic mass is 79.9. The molecule has 1 rings (SSSR count). The zero-order valence-corrected chi connectivity index (χ0v) is 8.45. The fraction of sp³-hybridized carbons (Fsp3) is 0. The molecule has 14 heavy (non-hydrogen) atoms. The lowest BCUT2D eigenvalue weighted by Gasteiger charge is -2.02. The highest BCUT2D eigenvalue weighted by molar-refractivity contribution is 9.10. The molecule has 4 nitrogen and oxygen atoms in total. The summed E-state index contributed by atoms with van der Waals surface area (Å²) in [5.74, 6) is 2.68. The van der Waals surface area contributed by atoms with E-state index in [1.54, 1.807) is 0 Å². The predicted octanol–water partition coefficient (Wildman–Crippen LogP) is 1.58. The number of carboxylic acid groups (broad SMARTS) is 1. The number of benzene rings is 1. The van der Waals surface area contributed by atoms with Crippen LogP contribution in [-0.2, 0) is 0 Å². The number of hydrogen-bond acceptors (Lipinski definition) is 3. The van der Waals surface area contributed by atoms with E-state index in [-0.39, 0.29) is 5.56 Å². The van der Waals surface area contributed by atoms with Crippen molar-refractivity contribution in [2.24, 2.45) is 10.9 Å². The maximum atomic E-state index is 13.2. The molecule has 0 radical (unpaired) electrons. The summed E-state index contributed by atoms with van der Waals surface area (Å²) in [6.45, 7) is 0. The first-order chi connectivity index (χ1) is 6.56. The molecular formula is C8H6BrFN2O2. The van der Waals surface area contributed by atoms with Crippen molar-refractivity contribution in [2.45, 2.75) is 0 Å². The molecule has 0 aliphatic rings. The second kappa shape index (κ2) is 4.19. The van der Waals surface area contributed by atoms with Crippen molar-refractivity contribution in [3.8, 4) is 0 Å². The molecule has 0 saturated heterocycles. The summed E-state index contributed by atoms with van der Waals surface area (Å²) < 4.78 is 13.6. The minimum Gasteiger partial charge on any atom is -0.478 e. The van der Waals surface area contributed by atoms with E-state index in [1.807, 2.05) is 0 Å². The molecule has 0 aliphatic heterocycles. The smallest absolute Gasteiger partial charge is 0.339 e. The van der Waals surface area contributed by atoms with E-state index >= 15 is 0 Å². The number of hydrogen-bond donors (Lipinski definition) is 2. The second-order valence-electron chi connectivity index (χ2n) is 2.44. The van der Waals surface area contributed by atoms with Gasteiger partial charge in [0.05, 0.1) is 6.21 Å². The largest absolute Gasteiger partial charge is 0.478 e. The van der Waals surface area contributed by atoms with Crippen LogP contribution in [0.15, 0.2) is 21.7 Å². The van der Waals surface area contributed by atoms with Gasteiger partial charge in [-0.25, -0.2) is 9.18 Å². The van der Waals surface area contributed by atoms with E-state index < -0.39 is 17.3 Å². The molecule has 0 amide bonds. The number of carbonyl (C=O) groups is 1. The number of hydrazone groups is 1. The van der Waals surface area contributed by atoms with E-state index in [1.165, 1.54) is 6.07 Å². The Labute approximate surface area is 87.4 Å². The van der Waals surface area contributed by atoms with Gasteiger partial charge in [-0.05, 0) is 12.1 Å². The first-order valence-electron chi connectivity index (χ1n) is 3.52. The predicted molar refractivity (Wildman–Crippen MR) is 52.8 cm³/mol. The van der Waals surface area contributed by atoms with E-state index in [4.69, 9.17) is 10.9 Å². The van der Waals surface area contributed by atoms with Gasteiger partial charge in [-0.3, -0.25) is 0 Å². The molecule has 3 N–H and O–H groups in total. The number of nitrogens with two attached hydrogens (primary N) is 1. The monoisotopic (exact) mass is 260 g/mol.